The molecular weight excluding hydrogens is 487 g/mol. The lowest BCUT2D eigenvalue weighted by Gasteiger charge is -2.40. The van der Waals surface area contributed by atoms with Gasteiger partial charge in [-0.2, -0.15) is 0 Å². The van der Waals surface area contributed by atoms with E-state index in [2.05, 4.69) is 131 Å². The molecule has 0 unspecified atom stereocenters. The van der Waals surface area contributed by atoms with Crippen LogP contribution in [-0.4, -0.2) is 11.3 Å². The van der Waals surface area contributed by atoms with Gasteiger partial charge in [-0.05, 0) is 64.9 Å². The molecule has 0 aliphatic carbocycles. The van der Waals surface area contributed by atoms with Crippen molar-refractivity contribution >= 4 is 83.9 Å². The van der Waals surface area contributed by atoms with Gasteiger partial charge < -0.3 is 13.9 Å². The van der Waals surface area contributed by atoms with Crippen LogP contribution in [0.5, 0.6) is 0 Å². The maximum atomic E-state index is 6.37. The van der Waals surface area contributed by atoms with E-state index in [0.29, 0.717) is 0 Å². The lowest BCUT2D eigenvalue weighted by atomic mass is 9.34. The Morgan fingerprint density at radius 1 is 0.475 bits per heavy atom. The zero-order chi connectivity index (χ0) is 25.9. The summed E-state index contributed by atoms with van der Waals surface area (Å²) in [5, 5.41) is 4.90. The molecule has 0 N–H and O–H groups in total. The fourth-order valence-corrected chi connectivity index (χ4v) is 7.49. The van der Waals surface area contributed by atoms with E-state index in [1.165, 1.54) is 66.3 Å². The Balaban J connectivity index is 1.43. The molecule has 2 aromatic heterocycles. The molecule has 2 aliphatic rings. The zero-order valence-corrected chi connectivity index (χ0v) is 21.5. The summed E-state index contributed by atoms with van der Waals surface area (Å²) in [5.74, 6) is 0. The summed E-state index contributed by atoms with van der Waals surface area (Å²) in [6, 6.07) is 46.1. The van der Waals surface area contributed by atoms with E-state index >= 15 is 0 Å². The Hall–Kier alpha value is -5.22. The Morgan fingerprint density at radius 3 is 2.12 bits per heavy atom. The van der Waals surface area contributed by atoms with Crippen LogP contribution in [0.1, 0.15) is 0 Å². The highest BCUT2D eigenvalue weighted by molar-refractivity contribution is 7.00. The second-order valence-electron chi connectivity index (χ2n) is 10.9. The first-order valence-electron chi connectivity index (χ1n) is 13.8. The minimum atomic E-state index is 0.152. The van der Waals surface area contributed by atoms with Gasteiger partial charge in [0.1, 0.15) is 11.2 Å². The van der Waals surface area contributed by atoms with Crippen LogP contribution in [0.4, 0.5) is 17.1 Å². The number of rotatable bonds is 1. The number of nitrogens with zero attached hydrogens (tertiary/aromatic N) is 2. The predicted octanol–water partition coefficient (Wildman–Crippen LogP) is 7.30. The molecule has 0 bridgehead atoms. The van der Waals surface area contributed by atoms with Crippen molar-refractivity contribution in [1.29, 1.82) is 0 Å². The number of benzene rings is 6. The van der Waals surface area contributed by atoms with Gasteiger partial charge in [-0.25, -0.2) is 0 Å². The molecule has 4 heterocycles. The van der Waals surface area contributed by atoms with Crippen molar-refractivity contribution in [2.75, 3.05) is 4.90 Å². The monoisotopic (exact) mass is 508 g/mol. The van der Waals surface area contributed by atoms with Gasteiger partial charge >= 0.3 is 0 Å². The van der Waals surface area contributed by atoms with Gasteiger partial charge in [0.05, 0.1) is 10.9 Å². The maximum absolute atomic E-state index is 6.37. The van der Waals surface area contributed by atoms with Crippen LogP contribution in [0, 0.1) is 0 Å². The second kappa shape index (κ2) is 7.25. The Morgan fingerprint density at radius 2 is 1.18 bits per heavy atom. The second-order valence-corrected chi connectivity index (χ2v) is 10.9. The summed E-state index contributed by atoms with van der Waals surface area (Å²) in [7, 11) is 0. The number of hydrogen-bond acceptors (Lipinski definition) is 2. The molecule has 10 rings (SSSR count). The Labute approximate surface area is 230 Å². The number of hydrogen-bond donors (Lipinski definition) is 0. The van der Waals surface area contributed by atoms with Gasteiger partial charge in [-0.15, -0.1) is 0 Å². The Bertz CT molecular complexity index is 2350. The smallest absolute Gasteiger partial charge is 0.252 e. The van der Waals surface area contributed by atoms with Gasteiger partial charge in [-0.1, -0.05) is 78.9 Å². The zero-order valence-electron chi connectivity index (χ0n) is 21.5. The summed E-state index contributed by atoms with van der Waals surface area (Å²) in [6.45, 7) is 0.152. The maximum Gasteiger partial charge on any atom is 0.252 e. The van der Waals surface area contributed by atoms with Crippen LogP contribution >= 0.6 is 0 Å². The van der Waals surface area contributed by atoms with Crippen LogP contribution in [-0.2, 0) is 0 Å². The van der Waals surface area contributed by atoms with E-state index in [0.717, 1.165) is 16.6 Å². The molecule has 0 spiro atoms. The van der Waals surface area contributed by atoms with Crippen molar-refractivity contribution in [3.05, 3.63) is 127 Å². The van der Waals surface area contributed by atoms with E-state index in [9.17, 15) is 0 Å². The quantitative estimate of drug-likeness (QED) is 0.217. The first-order chi connectivity index (χ1) is 19.9. The third kappa shape index (κ3) is 2.39. The highest BCUT2D eigenvalue weighted by Crippen LogP contribution is 2.44. The van der Waals surface area contributed by atoms with Gasteiger partial charge in [0, 0.05) is 44.4 Å². The van der Waals surface area contributed by atoms with E-state index in [1.54, 1.807) is 0 Å². The molecule has 6 aromatic carbocycles. The van der Waals surface area contributed by atoms with Crippen molar-refractivity contribution < 1.29 is 4.42 Å². The molecule has 3 nitrogen and oxygen atoms in total. The van der Waals surface area contributed by atoms with Gasteiger partial charge in [-0.3, -0.25) is 0 Å². The summed E-state index contributed by atoms with van der Waals surface area (Å²) >= 11 is 0. The number of aromatic nitrogens is 1. The number of furan rings is 1. The van der Waals surface area contributed by atoms with E-state index in [-0.39, 0.29) is 6.71 Å². The van der Waals surface area contributed by atoms with Gasteiger partial charge in [0.2, 0.25) is 0 Å². The fourth-order valence-electron chi connectivity index (χ4n) is 7.49. The summed E-state index contributed by atoms with van der Waals surface area (Å²) < 4.78 is 8.89. The van der Waals surface area contributed by atoms with Gasteiger partial charge in [0.25, 0.3) is 6.71 Å². The minimum Gasteiger partial charge on any atom is -0.456 e. The van der Waals surface area contributed by atoms with Crippen molar-refractivity contribution in [2.45, 2.75) is 0 Å². The molecular formula is C36H21BN2O. The average Bonchev–Trinajstić information content (AvgIpc) is 3.56. The van der Waals surface area contributed by atoms with Gasteiger partial charge in [0.15, 0.2) is 0 Å². The molecule has 2 aliphatic heterocycles. The SMILES string of the molecule is c1ccc(N2c3ccccc3B3c4c2cccc4-n2c4c3cccc4c3ccc4oc5ccccc5c4c32)cc1. The molecule has 0 fully saturated rings. The van der Waals surface area contributed by atoms with Crippen molar-refractivity contribution in [3.8, 4) is 5.69 Å². The minimum absolute atomic E-state index is 0.152. The van der Waals surface area contributed by atoms with Crippen molar-refractivity contribution in [1.82, 2.24) is 4.57 Å². The molecule has 0 saturated heterocycles. The molecule has 40 heavy (non-hydrogen) atoms. The third-order valence-electron chi connectivity index (χ3n) is 8.97. The van der Waals surface area contributed by atoms with Crippen LogP contribution in [0.2, 0.25) is 0 Å². The predicted molar refractivity (Wildman–Crippen MR) is 167 cm³/mol. The average molecular weight is 508 g/mol. The highest BCUT2D eigenvalue weighted by atomic mass is 16.3. The molecule has 184 valence electrons. The normalized spacial score (nSPS) is 13.4. The molecule has 4 heteroatoms. The number of para-hydroxylation sites is 4. The van der Waals surface area contributed by atoms with Crippen molar-refractivity contribution in [2.24, 2.45) is 0 Å². The lowest BCUT2D eigenvalue weighted by Crippen LogP contribution is -2.60. The third-order valence-corrected chi connectivity index (χ3v) is 8.97. The van der Waals surface area contributed by atoms with E-state index < -0.39 is 0 Å². The summed E-state index contributed by atoms with van der Waals surface area (Å²) in [6.07, 6.45) is 0. The number of anilines is 3. The first-order valence-corrected chi connectivity index (χ1v) is 13.8. The molecule has 0 atom stereocenters. The van der Waals surface area contributed by atoms with Crippen LogP contribution in [0.15, 0.2) is 132 Å². The largest absolute Gasteiger partial charge is 0.456 e. The van der Waals surface area contributed by atoms with E-state index in [4.69, 9.17) is 4.42 Å². The number of fused-ring (bicyclic) bond motifs is 11. The van der Waals surface area contributed by atoms with Crippen LogP contribution in [0.25, 0.3) is 49.4 Å². The lowest BCUT2D eigenvalue weighted by molar-refractivity contribution is 0.669. The molecule has 0 saturated carbocycles. The van der Waals surface area contributed by atoms with Crippen LogP contribution in [0.3, 0.4) is 0 Å². The van der Waals surface area contributed by atoms with Crippen molar-refractivity contribution in [3.63, 3.8) is 0 Å². The van der Waals surface area contributed by atoms with E-state index in [1.807, 2.05) is 6.07 Å². The first kappa shape index (κ1) is 20.7. The topological polar surface area (TPSA) is 21.3 Å². The summed E-state index contributed by atoms with van der Waals surface area (Å²) in [4.78, 5) is 2.43. The standard InChI is InChI=1S/C36H21BN2O/c1-2-10-22(11-3-1)38-28-16-6-5-14-26(28)37-27-15-8-13-23-24-20-21-32-33(25-12-4-7-19-31(25)40-32)36(24)39(35(23)27)30-18-9-17-29(38)34(30)37/h1-21H. The molecule has 0 radical (unpaired) electrons. The van der Waals surface area contributed by atoms with Crippen LogP contribution < -0.4 is 21.3 Å². The highest BCUT2D eigenvalue weighted by Gasteiger charge is 2.41. The molecule has 8 aromatic rings. The molecule has 0 amide bonds. The Kier molecular flexibility index (Phi) is 3.75. The summed E-state index contributed by atoms with van der Waals surface area (Å²) in [5.41, 5.74) is 13.3. The fraction of sp³-hybridized carbons (Fsp3) is 0.